The Hall–Kier alpha value is 0. The van der Waals surface area contributed by atoms with Gasteiger partial charge in [-0.05, 0) is 11.8 Å². The molecule has 0 bridgehead atoms. The normalized spacial score (nSPS) is 13.4. The Morgan fingerprint density at radius 3 is 0.647 bits per heavy atom. The first-order chi connectivity index (χ1) is 16.8. The summed E-state index contributed by atoms with van der Waals surface area (Å²) >= 11 is 0. The van der Waals surface area contributed by atoms with Crippen LogP contribution in [0.5, 0.6) is 0 Å². The van der Waals surface area contributed by atoms with Crippen LogP contribution < -0.4 is 0 Å². The molecular formula is C34H70. The van der Waals surface area contributed by atoms with Crippen LogP contribution in [0.2, 0.25) is 0 Å². The first kappa shape index (κ1) is 34.0. The Morgan fingerprint density at radius 1 is 0.235 bits per heavy atom. The zero-order chi connectivity index (χ0) is 25.0. The highest BCUT2D eigenvalue weighted by Crippen LogP contribution is 2.33. The monoisotopic (exact) mass is 479 g/mol. The van der Waals surface area contributed by atoms with Crippen molar-refractivity contribution in [2.75, 3.05) is 0 Å². The Bertz CT molecular complexity index is 312. The van der Waals surface area contributed by atoms with E-state index in [1.807, 2.05) is 0 Å². The van der Waals surface area contributed by atoms with Crippen molar-refractivity contribution in [2.45, 2.75) is 207 Å². The Kier molecular flexibility index (Phi) is 29.2. The molecule has 0 amide bonds. The zero-order valence-electron chi connectivity index (χ0n) is 25.0. The molecule has 0 aromatic carbocycles. The van der Waals surface area contributed by atoms with Gasteiger partial charge in [0, 0.05) is 0 Å². The SMILES string of the molecule is CCCCCCCCCCC(CCCCCC)C(CCCCCC)CCCCCCCCCC. The van der Waals surface area contributed by atoms with E-state index in [0.29, 0.717) is 0 Å². The predicted molar refractivity (Wildman–Crippen MR) is 159 cm³/mol. The van der Waals surface area contributed by atoms with Gasteiger partial charge in [-0.2, -0.15) is 0 Å². The molecule has 0 N–H and O–H groups in total. The third kappa shape index (κ3) is 23.7. The molecule has 0 saturated carbocycles. The lowest BCUT2D eigenvalue weighted by atomic mass is 9.78. The number of unbranched alkanes of at least 4 members (excludes halogenated alkanes) is 20. The van der Waals surface area contributed by atoms with Gasteiger partial charge < -0.3 is 0 Å². The van der Waals surface area contributed by atoms with Crippen molar-refractivity contribution in [3.63, 3.8) is 0 Å². The molecule has 0 aliphatic carbocycles. The van der Waals surface area contributed by atoms with Crippen LogP contribution in [0.1, 0.15) is 207 Å². The van der Waals surface area contributed by atoms with Crippen LogP contribution >= 0.6 is 0 Å². The minimum Gasteiger partial charge on any atom is -0.0654 e. The van der Waals surface area contributed by atoms with Crippen LogP contribution in [-0.2, 0) is 0 Å². The fourth-order valence-corrected chi connectivity index (χ4v) is 5.98. The average molecular weight is 479 g/mol. The van der Waals surface area contributed by atoms with Gasteiger partial charge in [-0.1, -0.05) is 207 Å². The van der Waals surface area contributed by atoms with Crippen molar-refractivity contribution < 1.29 is 0 Å². The van der Waals surface area contributed by atoms with Crippen molar-refractivity contribution in [1.29, 1.82) is 0 Å². The van der Waals surface area contributed by atoms with Crippen molar-refractivity contribution in [3.8, 4) is 0 Å². The molecule has 206 valence electrons. The predicted octanol–water partition coefficient (Wildman–Crippen LogP) is 13.2. The quantitative estimate of drug-likeness (QED) is 0.0937. The van der Waals surface area contributed by atoms with Crippen molar-refractivity contribution in [3.05, 3.63) is 0 Å². The Balaban J connectivity index is 4.51. The summed E-state index contributed by atoms with van der Waals surface area (Å²) < 4.78 is 0. The molecule has 0 aromatic heterocycles. The van der Waals surface area contributed by atoms with Crippen LogP contribution in [-0.4, -0.2) is 0 Å². The molecule has 0 heteroatoms. The fourth-order valence-electron chi connectivity index (χ4n) is 5.98. The first-order valence-electron chi connectivity index (χ1n) is 16.8. The van der Waals surface area contributed by atoms with Gasteiger partial charge in [-0.3, -0.25) is 0 Å². The summed E-state index contributed by atoms with van der Waals surface area (Å²) in [5.41, 5.74) is 0. The van der Waals surface area contributed by atoms with Crippen LogP contribution in [0.3, 0.4) is 0 Å². The summed E-state index contributed by atoms with van der Waals surface area (Å²) in [6.45, 7) is 9.37. The topological polar surface area (TPSA) is 0 Å². The third-order valence-corrected chi connectivity index (χ3v) is 8.38. The Morgan fingerprint density at radius 2 is 0.412 bits per heavy atom. The second-order valence-electron chi connectivity index (χ2n) is 11.7. The van der Waals surface area contributed by atoms with Gasteiger partial charge in [-0.15, -0.1) is 0 Å². The number of hydrogen-bond acceptors (Lipinski definition) is 0. The smallest absolute Gasteiger partial charge is 0.0386 e. The minimum absolute atomic E-state index is 1.03. The van der Waals surface area contributed by atoms with E-state index in [1.54, 1.807) is 0 Å². The molecule has 2 unspecified atom stereocenters. The van der Waals surface area contributed by atoms with Gasteiger partial charge in [-0.25, -0.2) is 0 Å². The number of hydrogen-bond donors (Lipinski definition) is 0. The van der Waals surface area contributed by atoms with E-state index in [-0.39, 0.29) is 0 Å². The second kappa shape index (κ2) is 29.2. The average Bonchev–Trinajstić information content (AvgIpc) is 2.85. The molecule has 0 radical (unpaired) electrons. The van der Waals surface area contributed by atoms with E-state index in [1.165, 1.54) is 180 Å². The lowest BCUT2D eigenvalue weighted by molar-refractivity contribution is 0.236. The van der Waals surface area contributed by atoms with E-state index in [0.717, 1.165) is 11.8 Å². The fraction of sp³-hybridized carbons (Fsp3) is 1.00. The van der Waals surface area contributed by atoms with Crippen LogP contribution in [0.15, 0.2) is 0 Å². The summed E-state index contributed by atoms with van der Waals surface area (Å²) in [4.78, 5) is 0. The first-order valence-corrected chi connectivity index (χ1v) is 16.8. The maximum absolute atomic E-state index is 2.36. The van der Waals surface area contributed by atoms with E-state index in [9.17, 15) is 0 Å². The Labute approximate surface area is 219 Å². The molecule has 0 aliphatic rings. The molecular weight excluding hydrogens is 408 g/mol. The minimum atomic E-state index is 1.03. The van der Waals surface area contributed by atoms with Crippen LogP contribution in [0.4, 0.5) is 0 Å². The maximum Gasteiger partial charge on any atom is -0.0386 e. The molecule has 0 heterocycles. The van der Waals surface area contributed by atoms with Gasteiger partial charge in [0.15, 0.2) is 0 Å². The van der Waals surface area contributed by atoms with Gasteiger partial charge in [0.2, 0.25) is 0 Å². The summed E-state index contributed by atoms with van der Waals surface area (Å²) in [5, 5.41) is 0. The van der Waals surface area contributed by atoms with E-state index in [2.05, 4.69) is 27.7 Å². The lowest BCUT2D eigenvalue weighted by Gasteiger charge is -2.28. The van der Waals surface area contributed by atoms with Crippen LogP contribution in [0.25, 0.3) is 0 Å². The van der Waals surface area contributed by atoms with Crippen molar-refractivity contribution >= 4 is 0 Å². The van der Waals surface area contributed by atoms with Crippen molar-refractivity contribution in [2.24, 2.45) is 11.8 Å². The molecule has 34 heavy (non-hydrogen) atoms. The van der Waals surface area contributed by atoms with Crippen molar-refractivity contribution in [1.82, 2.24) is 0 Å². The lowest BCUT2D eigenvalue weighted by Crippen LogP contribution is -2.16. The van der Waals surface area contributed by atoms with Crippen LogP contribution in [0, 0.1) is 11.8 Å². The highest BCUT2D eigenvalue weighted by molar-refractivity contribution is 4.72. The van der Waals surface area contributed by atoms with E-state index in [4.69, 9.17) is 0 Å². The summed E-state index contributed by atoms with van der Waals surface area (Å²) in [6, 6.07) is 0. The highest BCUT2D eigenvalue weighted by atomic mass is 14.3. The molecule has 0 aromatic rings. The number of rotatable bonds is 29. The molecule has 2 atom stereocenters. The zero-order valence-corrected chi connectivity index (χ0v) is 25.0. The molecule has 0 nitrogen and oxygen atoms in total. The summed E-state index contributed by atoms with van der Waals surface area (Å²) in [7, 11) is 0. The molecule has 0 fully saturated rings. The highest BCUT2D eigenvalue weighted by Gasteiger charge is 2.20. The summed E-state index contributed by atoms with van der Waals surface area (Å²) in [6.07, 6.45) is 41.2. The van der Waals surface area contributed by atoms with Gasteiger partial charge in [0.05, 0.1) is 0 Å². The van der Waals surface area contributed by atoms with Gasteiger partial charge >= 0.3 is 0 Å². The van der Waals surface area contributed by atoms with E-state index >= 15 is 0 Å². The molecule has 0 rings (SSSR count). The molecule has 0 aliphatic heterocycles. The summed E-state index contributed by atoms with van der Waals surface area (Å²) in [5.74, 6) is 2.06. The van der Waals surface area contributed by atoms with E-state index < -0.39 is 0 Å². The maximum atomic E-state index is 2.36. The third-order valence-electron chi connectivity index (χ3n) is 8.38. The molecule has 0 spiro atoms. The second-order valence-corrected chi connectivity index (χ2v) is 11.7. The molecule has 0 saturated heterocycles. The van der Waals surface area contributed by atoms with Gasteiger partial charge in [0.1, 0.15) is 0 Å². The van der Waals surface area contributed by atoms with Gasteiger partial charge in [0.25, 0.3) is 0 Å². The largest absolute Gasteiger partial charge is 0.0654 e. The standard InChI is InChI=1S/C34H70/c1-5-9-13-17-19-21-23-27-31-33(29-25-15-11-7-3)34(30-26-16-12-8-4)32-28-24-22-20-18-14-10-6-2/h33-34H,5-32H2,1-4H3.